The van der Waals surface area contributed by atoms with Gasteiger partial charge in [0.05, 0.1) is 5.56 Å². The van der Waals surface area contributed by atoms with Crippen LogP contribution in [0.15, 0.2) is 30.3 Å². The van der Waals surface area contributed by atoms with Crippen LogP contribution in [0.3, 0.4) is 0 Å². The van der Waals surface area contributed by atoms with Gasteiger partial charge in [0.2, 0.25) is 0 Å². The first kappa shape index (κ1) is 26.3. The largest absolute Gasteiger partial charge is 0.459 e. The summed E-state index contributed by atoms with van der Waals surface area (Å²) in [6.45, 7) is 12.7. The molecule has 4 unspecified atom stereocenters. The average Bonchev–Trinajstić information content (AvgIpc) is 3.22. The molecule has 0 aliphatic heterocycles. The Morgan fingerprint density at radius 1 is 0.889 bits per heavy atom. The maximum absolute atomic E-state index is 12.7. The second-order valence-corrected chi connectivity index (χ2v) is 14.4. The Kier molecular flexibility index (Phi) is 7.64. The highest BCUT2D eigenvalue weighted by molar-refractivity contribution is 5.89. The van der Waals surface area contributed by atoms with Gasteiger partial charge in [0.1, 0.15) is 6.10 Å². The van der Waals surface area contributed by atoms with Gasteiger partial charge < -0.3 is 4.74 Å². The zero-order valence-corrected chi connectivity index (χ0v) is 23.8. The summed E-state index contributed by atoms with van der Waals surface area (Å²) in [6, 6.07) is 9.55. The quantitative estimate of drug-likeness (QED) is 0.354. The molecule has 0 heterocycles. The van der Waals surface area contributed by atoms with E-state index in [0.29, 0.717) is 16.4 Å². The summed E-state index contributed by atoms with van der Waals surface area (Å²) in [5.41, 5.74) is 1.71. The van der Waals surface area contributed by atoms with Crippen LogP contribution >= 0.6 is 0 Å². The van der Waals surface area contributed by atoms with E-state index in [1.165, 1.54) is 64.2 Å². The van der Waals surface area contributed by atoms with Gasteiger partial charge in [-0.2, -0.15) is 0 Å². The highest BCUT2D eigenvalue weighted by atomic mass is 16.5. The second kappa shape index (κ2) is 10.5. The fourth-order valence-corrected chi connectivity index (χ4v) is 10.1. The Bertz CT molecular complexity index is 892. The summed E-state index contributed by atoms with van der Waals surface area (Å²) in [5, 5.41) is 0. The number of ether oxygens (including phenoxy) is 1. The van der Waals surface area contributed by atoms with E-state index in [1.54, 1.807) is 0 Å². The number of hydrogen-bond donors (Lipinski definition) is 0. The van der Waals surface area contributed by atoms with E-state index in [0.717, 1.165) is 54.3 Å². The summed E-state index contributed by atoms with van der Waals surface area (Å²) >= 11 is 0. The van der Waals surface area contributed by atoms with Crippen LogP contribution in [0, 0.1) is 52.3 Å². The summed E-state index contributed by atoms with van der Waals surface area (Å²) in [7, 11) is 0. The van der Waals surface area contributed by atoms with E-state index in [-0.39, 0.29) is 12.1 Å². The van der Waals surface area contributed by atoms with Gasteiger partial charge in [0, 0.05) is 0 Å². The Balaban J connectivity index is 1.22. The number of hydrogen-bond acceptors (Lipinski definition) is 2. The zero-order chi connectivity index (χ0) is 25.5. The lowest BCUT2D eigenvalue weighted by Crippen LogP contribution is -2.54. The molecule has 1 aromatic carbocycles. The van der Waals surface area contributed by atoms with Gasteiger partial charge in [0.15, 0.2) is 0 Å². The lowest BCUT2D eigenvalue weighted by molar-refractivity contribution is -0.130. The molecule has 5 rings (SSSR count). The van der Waals surface area contributed by atoms with Crippen molar-refractivity contribution in [2.24, 2.45) is 52.3 Å². The van der Waals surface area contributed by atoms with Gasteiger partial charge in [-0.05, 0) is 122 Å². The molecule has 0 aromatic heterocycles. The SMILES string of the molecule is CC(C)CCC[C@@H](C)C1CCC2C3CC[C@H]4C[C@H](OC(=O)c5ccccc5)CC[C@]4(C)C3CC[C@@]21C. The van der Waals surface area contributed by atoms with Crippen LogP contribution in [0.25, 0.3) is 0 Å². The maximum Gasteiger partial charge on any atom is 0.338 e. The van der Waals surface area contributed by atoms with Crippen LogP contribution in [-0.2, 0) is 4.74 Å². The molecule has 0 spiro atoms. The Morgan fingerprint density at radius 3 is 2.36 bits per heavy atom. The van der Waals surface area contributed by atoms with Crippen LogP contribution in [0.4, 0.5) is 0 Å². The van der Waals surface area contributed by atoms with Crippen molar-refractivity contribution >= 4 is 5.97 Å². The summed E-state index contributed by atoms with van der Waals surface area (Å²) in [5.74, 6) is 6.01. The van der Waals surface area contributed by atoms with Crippen LogP contribution in [0.1, 0.15) is 122 Å². The van der Waals surface area contributed by atoms with Crippen LogP contribution in [-0.4, -0.2) is 12.1 Å². The van der Waals surface area contributed by atoms with E-state index < -0.39 is 0 Å². The topological polar surface area (TPSA) is 26.3 Å². The number of rotatable bonds is 7. The second-order valence-electron chi connectivity index (χ2n) is 14.4. The Morgan fingerprint density at radius 2 is 1.61 bits per heavy atom. The van der Waals surface area contributed by atoms with E-state index in [1.807, 2.05) is 30.3 Å². The molecule has 1 aromatic rings. The molecule has 0 saturated heterocycles. The lowest BCUT2D eigenvalue weighted by Gasteiger charge is -2.61. The van der Waals surface area contributed by atoms with Crippen molar-refractivity contribution in [1.82, 2.24) is 0 Å². The molecule has 9 atom stereocenters. The monoisotopic (exact) mass is 492 g/mol. The number of esters is 1. The summed E-state index contributed by atoms with van der Waals surface area (Å²) in [4.78, 5) is 12.7. The molecular weight excluding hydrogens is 440 g/mol. The Hall–Kier alpha value is -1.31. The van der Waals surface area contributed by atoms with Crippen molar-refractivity contribution in [2.45, 2.75) is 118 Å². The van der Waals surface area contributed by atoms with Crippen molar-refractivity contribution in [1.29, 1.82) is 0 Å². The molecule has 36 heavy (non-hydrogen) atoms. The van der Waals surface area contributed by atoms with E-state index in [4.69, 9.17) is 4.74 Å². The molecule has 2 nitrogen and oxygen atoms in total. The number of carbonyl (C=O) groups excluding carboxylic acids is 1. The normalized spacial score (nSPS) is 40.7. The molecule has 0 bridgehead atoms. The van der Waals surface area contributed by atoms with E-state index in [9.17, 15) is 4.79 Å². The first-order valence-corrected chi connectivity index (χ1v) is 15.5. The molecule has 4 aliphatic rings. The molecule has 2 heteroatoms. The number of fused-ring (bicyclic) bond motifs is 5. The molecular formula is C34H52O2. The predicted octanol–water partition coefficient (Wildman–Crippen LogP) is 9.33. The van der Waals surface area contributed by atoms with Crippen molar-refractivity contribution in [2.75, 3.05) is 0 Å². The first-order valence-electron chi connectivity index (χ1n) is 15.5. The van der Waals surface area contributed by atoms with Crippen molar-refractivity contribution in [3.63, 3.8) is 0 Å². The minimum atomic E-state index is -0.133. The third-order valence-electron chi connectivity index (χ3n) is 12.1. The minimum absolute atomic E-state index is 0.101. The molecule has 200 valence electrons. The van der Waals surface area contributed by atoms with E-state index >= 15 is 0 Å². The summed E-state index contributed by atoms with van der Waals surface area (Å²) < 4.78 is 6.04. The van der Waals surface area contributed by atoms with Crippen molar-refractivity contribution < 1.29 is 9.53 Å². The first-order chi connectivity index (χ1) is 17.2. The fraction of sp³-hybridized carbons (Fsp3) is 0.794. The lowest BCUT2D eigenvalue weighted by atomic mass is 9.44. The third-order valence-corrected chi connectivity index (χ3v) is 12.1. The van der Waals surface area contributed by atoms with E-state index in [2.05, 4.69) is 34.6 Å². The molecule has 4 saturated carbocycles. The van der Waals surface area contributed by atoms with Crippen molar-refractivity contribution in [3.8, 4) is 0 Å². The predicted molar refractivity (Wildman–Crippen MR) is 149 cm³/mol. The number of benzene rings is 1. The van der Waals surface area contributed by atoms with Crippen molar-refractivity contribution in [3.05, 3.63) is 35.9 Å². The smallest absolute Gasteiger partial charge is 0.338 e. The molecule has 0 radical (unpaired) electrons. The van der Waals surface area contributed by atoms with Gasteiger partial charge >= 0.3 is 5.97 Å². The van der Waals surface area contributed by atoms with Gasteiger partial charge in [-0.25, -0.2) is 4.79 Å². The maximum atomic E-state index is 12.7. The molecule has 0 amide bonds. The molecule has 4 aliphatic carbocycles. The minimum Gasteiger partial charge on any atom is -0.459 e. The molecule has 4 fully saturated rings. The average molecular weight is 493 g/mol. The van der Waals surface area contributed by atoms with Gasteiger partial charge in [-0.3, -0.25) is 0 Å². The zero-order valence-electron chi connectivity index (χ0n) is 23.8. The highest BCUT2D eigenvalue weighted by Gasteiger charge is 2.60. The van der Waals surface area contributed by atoms with Crippen LogP contribution < -0.4 is 0 Å². The standard InChI is InChI=1S/C34H52O2/c1-23(2)10-9-11-24(3)29-16-17-30-28-15-14-26-22-27(36-32(35)25-12-7-6-8-13-25)18-20-33(26,4)31(28)19-21-34(29,30)5/h6-8,12-13,23-24,26-31H,9-11,14-22H2,1-5H3/t24-,26+,27-,28?,29?,30?,31?,33+,34-/m1/s1. The van der Waals surface area contributed by atoms with Crippen LogP contribution in [0.2, 0.25) is 0 Å². The number of carbonyl (C=O) groups is 1. The van der Waals surface area contributed by atoms with Crippen LogP contribution in [0.5, 0.6) is 0 Å². The fourth-order valence-electron chi connectivity index (χ4n) is 10.1. The Labute approximate surface area is 221 Å². The van der Waals surface area contributed by atoms with Gasteiger partial charge in [-0.15, -0.1) is 0 Å². The third kappa shape index (κ3) is 4.80. The van der Waals surface area contributed by atoms with Gasteiger partial charge in [-0.1, -0.05) is 72.1 Å². The molecule has 0 N–H and O–H groups in total. The summed E-state index contributed by atoms with van der Waals surface area (Å²) in [6.07, 6.45) is 16.3. The van der Waals surface area contributed by atoms with Gasteiger partial charge in [0.25, 0.3) is 0 Å². The highest BCUT2D eigenvalue weighted by Crippen LogP contribution is 2.68.